The van der Waals surface area contributed by atoms with Crippen molar-refractivity contribution in [2.45, 2.75) is 32.0 Å². The Morgan fingerprint density at radius 1 is 1.35 bits per heavy atom. The van der Waals surface area contributed by atoms with E-state index in [1.807, 2.05) is 13.8 Å². The topological polar surface area (TPSA) is 48.1 Å². The summed E-state index contributed by atoms with van der Waals surface area (Å²) in [6.07, 6.45) is 0. The number of halogens is 1. The summed E-state index contributed by atoms with van der Waals surface area (Å²) in [5, 5.41) is 0. The van der Waals surface area contributed by atoms with Gasteiger partial charge in [-0.05, 0) is 25.0 Å². The quantitative estimate of drug-likeness (QED) is 0.629. The van der Waals surface area contributed by atoms with Gasteiger partial charge in [-0.2, -0.15) is 0 Å². The van der Waals surface area contributed by atoms with Gasteiger partial charge < -0.3 is 14.2 Å². The van der Waals surface area contributed by atoms with Crippen molar-refractivity contribution in [3.05, 3.63) is 29.6 Å². The summed E-state index contributed by atoms with van der Waals surface area (Å²) in [5.74, 6) is -0.762. The fourth-order valence-electron chi connectivity index (χ4n) is 2.96. The second-order valence-corrected chi connectivity index (χ2v) is 5.33. The van der Waals surface area contributed by atoms with Crippen LogP contribution < -0.4 is 4.74 Å². The molecule has 0 radical (unpaired) electrons. The van der Waals surface area contributed by atoms with Crippen LogP contribution in [-0.4, -0.2) is 25.8 Å². The lowest BCUT2D eigenvalue weighted by Crippen LogP contribution is -2.38. The number of rotatable bonds is 4. The number of benzene rings is 1. The van der Waals surface area contributed by atoms with Gasteiger partial charge in [-0.25, -0.2) is 9.18 Å². The zero-order valence-electron chi connectivity index (χ0n) is 12.3. The summed E-state index contributed by atoms with van der Waals surface area (Å²) in [7, 11) is 2.76. The predicted molar refractivity (Wildman–Crippen MR) is 71.0 cm³/mol. The van der Waals surface area contributed by atoms with Crippen molar-refractivity contribution in [2.24, 2.45) is 5.92 Å². The molecule has 0 spiro atoms. The van der Waals surface area contributed by atoms with E-state index in [1.54, 1.807) is 19.1 Å². The normalized spacial score (nSPS) is 28.4. The van der Waals surface area contributed by atoms with Crippen LogP contribution in [0.1, 0.15) is 26.3 Å². The number of carbonyl (C=O) groups is 1. The van der Waals surface area contributed by atoms with E-state index in [2.05, 4.69) is 0 Å². The van der Waals surface area contributed by atoms with E-state index in [9.17, 15) is 9.18 Å². The first-order valence-electron chi connectivity index (χ1n) is 6.46. The Hall–Kier alpha value is -1.62. The highest BCUT2D eigenvalue weighted by atomic mass is 19.1. The second-order valence-electron chi connectivity index (χ2n) is 5.33. The monoisotopic (exact) mass is 282 g/mol. The average Bonchev–Trinajstić information content (AvgIpc) is 3.06. The molecule has 1 heterocycles. The summed E-state index contributed by atoms with van der Waals surface area (Å²) < 4.78 is 30.0. The van der Waals surface area contributed by atoms with E-state index in [0.717, 1.165) is 0 Å². The minimum absolute atomic E-state index is 0.163. The molecular formula is C15H19FO4. The van der Waals surface area contributed by atoms with Gasteiger partial charge in [0, 0.05) is 0 Å². The lowest BCUT2D eigenvalue weighted by atomic mass is 9.80. The minimum atomic E-state index is -1.18. The first kappa shape index (κ1) is 14.8. The summed E-state index contributed by atoms with van der Waals surface area (Å²) in [4.78, 5) is 12.1. The van der Waals surface area contributed by atoms with Crippen molar-refractivity contribution >= 4 is 5.97 Å². The van der Waals surface area contributed by atoms with Gasteiger partial charge in [-0.1, -0.05) is 19.9 Å². The lowest BCUT2D eigenvalue weighted by Gasteiger charge is -2.20. The highest BCUT2D eigenvalue weighted by molar-refractivity contribution is 5.86. The van der Waals surface area contributed by atoms with Crippen LogP contribution in [0.15, 0.2) is 18.2 Å². The molecule has 0 saturated carbocycles. The molecule has 1 saturated heterocycles. The number of esters is 1. The van der Waals surface area contributed by atoms with E-state index in [0.29, 0.717) is 5.75 Å². The second kappa shape index (κ2) is 4.74. The van der Waals surface area contributed by atoms with E-state index in [-0.39, 0.29) is 11.5 Å². The fourth-order valence-corrected chi connectivity index (χ4v) is 2.96. The van der Waals surface area contributed by atoms with E-state index < -0.39 is 23.0 Å². The average molecular weight is 282 g/mol. The molecule has 0 amide bonds. The molecule has 1 aliphatic rings. The molecule has 110 valence electrons. The van der Waals surface area contributed by atoms with Crippen LogP contribution >= 0.6 is 0 Å². The van der Waals surface area contributed by atoms with Crippen molar-refractivity contribution in [1.29, 1.82) is 0 Å². The molecular weight excluding hydrogens is 263 g/mol. The van der Waals surface area contributed by atoms with Crippen molar-refractivity contribution in [3.63, 3.8) is 0 Å². The van der Waals surface area contributed by atoms with E-state index >= 15 is 0 Å². The molecule has 0 aliphatic carbocycles. The molecule has 2 unspecified atom stereocenters. The van der Waals surface area contributed by atoms with Crippen LogP contribution in [0.3, 0.4) is 0 Å². The van der Waals surface area contributed by atoms with Crippen LogP contribution in [0.2, 0.25) is 0 Å². The first-order valence-corrected chi connectivity index (χ1v) is 6.46. The van der Waals surface area contributed by atoms with Crippen molar-refractivity contribution < 1.29 is 23.4 Å². The maximum atomic E-state index is 14.2. The Kier molecular flexibility index (Phi) is 3.50. The number of epoxide rings is 1. The van der Waals surface area contributed by atoms with E-state index in [1.165, 1.54) is 20.3 Å². The van der Waals surface area contributed by atoms with Crippen LogP contribution in [0.25, 0.3) is 0 Å². The highest BCUT2D eigenvalue weighted by Gasteiger charge is 2.76. The summed E-state index contributed by atoms with van der Waals surface area (Å²) >= 11 is 0. The maximum absolute atomic E-state index is 14.2. The van der Waals surface area contributed by atoms with Gasteiger partial charge >= 0.3 is 5.97 Å². The Morgan fingerprint density at radius 2 is 2.00 bits per heavy atom. The molecule has 0 aromatic heterocycles. The number of hydrogen-bond donors (Lipinski definition) is 0. The third-order valence-corrected chi connectivity index (χ3v) is 4.01. The predicted octanol–water partition coefficient (Wildman–Crippen LogP) is 2.65. The van der Waals surface area contributed by atoms with Gasteiger partial charge in [-0.3, -0.25) is 0 Å². The Morgan fingerprint density at radius 3 is 2.50 bits per heavy atom. The van der Waals surface area contributed by atoms with Crippen molar-refractivity contribution in [3.8, 4) is 5.75 Å². The summed E-state index contributed by atoms with van der Waals surface area (Å²) in [5.41, 5.74) is -2.02. The van der Waals surface area contributed by atoms with E-state index in [4.69, 9.17) is 14.2 Å². The van der Waals surface area contributed by atoms with Crippen molar-refractivity contribution in [2.75, 3.05) is 14.2 Å². The van der Waals surface area contributed by atoms with Crippen LogP contribution in [-0.2, 0) is 19.9 Å². The maximum Gasteiger partial charge on any atom is 0.341 e. The number of ether oxygens (including phenoxy) is 3. The molecule has 1 aliphatic heterocycles. The number of hydrogen-bond acceptors (Lipinski definition) is 4. The molecule has 1 fully saturated rings. The Labute approximate surface area is 117 Å². The largest absolute Gasteiger partial charge is 0.496 e. The van der Waals surface area contributed by atoms with Crippen molar-refractivity contribution in [1.82, 2.24) is 0 Å². The zero-order chi connectivity index (χ0) is 15.1. The van der Waals surface area contributed by atoms with Gasteiger partial charge in [0.1, 0.15) is 17.2 Å². The van der Waals surface area contributed by atoms with Gasteiger partial charge in [0.15, 0.2) is 0 Å². The summed E-state index contributed by atoms with van der Waals surface area (Å²) in [6.45, 7) is 5.37. The van der Waals surface area contributed by atoms with Gasteiger partial charge in [-0.15, -0.1) is 0 Å². The summed E-state index contributed by atoms with van der Waals surface area (Å²) in [6, 6.07) is 4.53. The molecule has 1 aromatic carbocycles. The molecule has 20 heavy (non-hydrogen) atoms. The van der Waals surface area contributed by atoms with Crippen LogP contribution in [0, 0.1) is 11.7 Å². The van der Waals surface area contributed by atoms with Gasteiger partial charge in [0.2, 0.25) is 5.60 Å². The highest BCUT2D eigenvalue weighted by Crippen LogP contribution is 2.62. The fraction of sp³-hybridized carbons (Fsp3) is 0.533. The molecule has 2 atom stereocenters. The standard InChI is InChI=1S/C15H19FO4/c1-9(2)15(13(17)19-5)14(3,20-15)12-10(16)7-6-8-11(12)18-4/h6-9H,1-5H3. The lowest BCUT2D eigenvalue weighted by molar-refractivity contribution is -0.148. The number of methoxy groups -OCH3 is 2. The Bertz CT molecular complexity index is 543. The molecule has 0 N–H and O–H groups in total. The van der Waals surface area contributed by atoms with Crippen LogP contribution in [0.4, 0.5) is 4.39 Å². The number of carbonyl (C=O) groups excluding carboxylic acids is 1. The van der Waals surface area contributed by atoms with Crippen LogP contribution in [0.5, 0.6) is 5.75 Å². The molecule has 2 rings (SSSR count). The third kappa shape index (κ3) is 1.73. The first-order chi connectivity index (χ1) is 9.35. The molecule has 1 aromatic rings. The molecule has 0 bridgehead atoms. The molecule has 4 nitrogen and oxygen atoms in total. The molecule has 5 heteroatoms. The Balaban J connectivity index is 2.57. The third-order valence-electron chi connectivity index (χ3n) is 4.01. The van der Waals surface area contributed by atoms with Gasteiger partial charge in [0.05, 0.1) is 19.8 Å². The van der Waals surface area contributed by atoms with Gasteiger partial charge in [0.25, 0.3) is 0 Å². The smallest absolute Gasteiger partial charge is 0.341 e. The zero-order valence-corrected chi connectivity index (χ0v) is 12.3. The minimum Gasteiger partial charge on any atom is -0.496 e. The SMILES string of the molecule is COC(=O)C1(C(C)C)OC1(C)c1c(F)cccc1OC.